The summed E-state index contributed by atoms with van der Waals surface area (Å²) in [5.74, 6) is 1.32. The van der Waals surface area contributed by atoms with Crippen molar-refractivity contribution < 1.29 is 0 Å². The number of nitrogens with zero attached hydrogens (tertiary/aromatic N) is 2. The topological polar surface area (TPSA) is 50.7 Å². The van der Waals surface area contributed by atoms with Crippen LogP contribution in [0.15, 0.2) is 58.4 Å². The first-order chi connectivity index (χ1) is 9.84. The van der Waals surface area contributed by atoms with Gasteiger partial charge in [-0.25, -0.2) is 9.67 Å². The van der Waals surface area contributed by atoms with Crippen LogP contribution in [0.1, 0.15) is 5.56 Å². The molecule has 3 aromatic rings. The Morgan fingerprint density at radius 2 is 2.00 bits per heavy atom. The quantitative estimate of drug-likeness (QED) is 0.746. The van der Waals surface area contributed by atoms with Crippen LogP contribution in [-0.2, 0) is 5.75 Å². The average Bonchev–Trinajstić information content (AvgIpc) is 2.86. The average molecular weight is 281 g/mol. The Kier molecular flexibility index (Phi) is 2.53. The smallest absolute Gasteiger partial charge is 0.277 e. The van der Waals surface area contributed by atoms with Crippen molar-refractivity contribution in [3.05, 3.63) is 64.6 Å². The number of H-pyrrole nitrogens is 1. The van der Waals surface area contributed by atoms with Gasteiger partial charge in [-0.15, -0.1) is 11.8 Å². The highest BCUT2D eigenvalue weighted by molar-refractivity contribution is 7.98. The lowest BCUT2D eigenvalue weighted by Gasteiger charge is -2.13. The molecule has 0 fully saturated rings. The van der Waals surface area contributed by atoms with Crippen molar-refractivity contribution in [1.82, 2.24) is 14.8 Å². The third-order valence-electron chi connectivity index (χ3n) is 3.39. The predicted octanol–water partition coefficient (Wildman–Crippen LogP) is 2.83. The highest BCUT2D eigenvalue weighted by atomic mass is 32.2. The minimum absolute atomic E-state index is 0.0132. The minimum Gasteiger partial charge on any atom is -0.289 e. The molecule has 0 unspecified atom stereocenters. The van der Waals surface area contributed by atoms with E-state index in [0.29, 0.717) is 11.6 Å². The van der Waals surface area contributed by atoms with Crippen molar-refractivity contribution in [3.8, 4) is 17.1 Å². The Hall–Kier alpha value is -2.27. The van der Waals surface area contributed by atoms with E-state index < -0.39 is 0 Å². The van der Waals surface area contributed by atoms with Crippen molar-refractivity contribution in [1.29, 1.82) is 0 Å². The number of aromatic amines is 1. The zero-order valence-corrected chi connectivity index (χ0v) is 11.4. The molecular weight excluding hydrogens is 270 g/mol. The fourth-order valence-corrected chi connectivity index (χ4v) is 3.49. The first-order valence-electron chi connectivity index (χ1n) is 6.32. The van der Waals surface area contributed by atoms with Crippen LogP contribution in [0.2, 0.25) is 0 Å². The van der Waals surface area contributed by atoms with Crippen molar-refractivity contribution in [2.24, 2.45) is 0 Å². The standard InChI is InChI=1S/C15H11N3OS/c19-15-11-9-20-12-6-2-1-5-10(12)14(11)17-18(15)13-7-3-4-8-16-13/h1-8,17H,9H2. The maximum atomic E-state index is 12.5. The lowest BCUT2D eigenvalue weighted by atomic mass is 10.1. The summed E-state index contributed by atoms with van der Waals surface area (Å²) in [7, 11) is 0. The van der Waals surface area contributed by atoms with E-state index in [2.05, 4.69) is 16.1 Å². The van der Waals surface area contributed by atoms with Crippen molar-refractivity contribution in [3.63, 3.8) is 0 Å². The summed E-state index contributed by atoms with van der Waals surface area (Å²) in [6.07, 6.45) is 1.68. The molecule has 0 aliphatic carbocycles. The molecule has 0 atom stereocenters. The van der Waals surface area contributed by atoms with Gasteiger partial charge in [0, 0.05) is 22.4 Å². The van der Waals surface area contributed by atoms with E-state index in [-0.39, 0.29) is 5.56 Å². The second-order valence-electron chi connectivity index (χ2n) is 4.58. The summed E-state index contributed by atoms with van der Waals surface area (Å²) < 4.78 is 1.52. The number of thioether (sulfide) groups is 1. The van der Waals surface area contributed by atoms with Crippen LogP contribution in [0.25, 0.3) is 17.1 Å². The molecule has 1 aliphatic heterocycles. The van der Waals surface area contributed by atoms with E-state index >= 15 is 0 Å². The van der Waals surface area contributed by atoms with Crippen LogP contribution in [0.3, 0.4) is 0 Å². The molecule has 2 aromatic heterocycles. The number of hydrogen-bond acceptors (Lipinski definition) is 3. The molecule has 3 heterocycles. The van der Waals surface area contributed by atoms with Gasteiger partial charge >= 0.3 is 0 Å². The zero-order valence-electron chi connectivity index (χ0n) is 10.5. The first-order valence-corrected chi connectivity index (χ1v) is 7.30. The summed E-state index contributed by atoms with van der Waals surface area (Å²) >= 11 is 1.70. The first kappa shape index (κ1) is 11.5. The Morgan fingerprint density at radius 1 is 1.15 bits per heavy atom. The van der Waals surface area contributed by atoms with E-state index in [1.54, 1.807) is 18.0 Å². The third kappa shape index (κ3) is 1.63. The van der Waals surface area contributed by atoms with E-state index in [4.69, 9.17) is 0 Å². The maximum absolute atomic E-state index is 12.5. The molecule has 0 spiro atoms. The van der Waals surface area contributed by atoms with Crippen LogP contribution in [0.5, 0.6) is 0 Å². The normalized spacial score (nSPS) is 12.8. The summed E-state index contributed by atoms with van der Waals surface area (Å²) in [6, 6.07) is 13.7. The summed E-state index contributed by atoms with van der Waals surface area (Å²) in [4.78, 5) is 17.9. The fraction of sp³-hybridized carbons (Fsp3) is 0.0667. The van der Waals surface area contributed by atoms with Crippen molar-refractivity contribution >= 4 is 11.8 Å². The van der Waals surface area contributed by atoms with Gasteiger partial charge in [-0.2, -0.15) is 0 Å². The molecule has 20 heavy (non-hydrogen) atoms. The van der Waals surface area contributed by atoms with Crippen LogP contribution in [0, 0.1) is 0 Å². The Bertz CT molecular complexity index is 836. The van der Waals surface area contributed by atoms with E-state index in [9.17, 15) is 4.79 Å². The molecule has 1 aliphatic rings. The van der Waals surface area contributed by atoms with Gasteiger partial charge in [0.05, 0.1) is 11.3 Å². The largest absolute Gasteiger partial charge is 0.289 e. The van der Waals surface area contributed by atoms with Gasteiger partial charge in [-0.3, -0.25) is 9.89 Å². The zero-order chi connectivity index (χ0) is 13.5. The highest BCUT2D eigenvalue weighted by Gasteiger charge is 2.23. The molecule has 0 amide bonds. The molecule has 0 saturated carbocycles. The SMILES string of the molecule is O=c1c2c([nH]n1-c1ccccn1)-c1ccccc1SC2. The Balaban J connectivity index is 1.97. The molecule has 0 radical (unpaired) electrons. The van der Waals surface area contributed by atoms with Gasteiger partial charge in [0.15, 0.2) is 5.82 Å². The van der Waals surface area contributed by atoms with E-state index in [1.807, 2.05) is 36.4 Å². The van der Waals surface area contributed by atoms with E-state index in [1.165, 1.54) is 9.58 Å². The van der Waals surface area contributed by atoms with Gasteiger partial charge in [-0.1, -0.05) is 24.3 Å². The number of benzene rings is 1. The molecule has 0 bridgehead atoms. The van der Waals surface area contributed by atoms with Gasteiger partial charge in [-0.05, 0) is 18.2 Å². The second kappa shape index (κ2) is 4.38. The van der Waals surface area contributed by atoms with Crippen molar-refractivity contribution in [2.45, 2.75) is 10.6 Å². The molecule has 98 valence electrons. The number of nitrogens with one attached hydrogen (secondary N) is 1. The molecule has 4 rings (SSSR count). The summed E-state index contributed by atoms with van der Waals surface area (Å²) in [5, 5.41) is 3.20. The molecule has 1 aromatic carbocycles. The molecule has 5 heteroatoms. The maximum Gasteiger partial charge on any atom is 0.277 e. The Labute approximate surface area is 119 Å². The van der Waals surface area contributed by atoms with Gasteiger partial charge in [0.2, 0.25) is 0 Å². The monoisotopic (exact) mass is 281 g/mol. The molecular formula is C15H11N3OS. The van der Waals surface area contributed by atoms with Crippen LogP contribution < -0.4 is 5.56 Å². The number of pyridine rings is 1. The van der Waals surface area contributed by atoms with Gasteiger partial charge < -0.3 is 0 Å². The molecule has 0 saturated heterocycles. The minimum atomic E-state index is -0.0132. The molecule has 4 nitrogen and oxygen atoms in total. The number of fused-ring (bicyclic) bond motifs is 3. The highest BCUT2D eigenvalue weighted by Crippen LogP contribution is 2.39. The number of hydrogen-bond donors (Lipinski definition) is 1. The number of aromatic nitrogens is 3. The van der Waals surface area contributed by atoms with Crippen LogP contribution in [0.4, 0.5) is 0 Å². The summed E-state index contributed by atoms with van der Waals surface area (Å²) in [5.41, 5.74) is 2.81. The van der Waals surface area contributed by atoms with Crippen LogP contribution in [-0.4, -0.2) is 14.8 Å². The fourth-order valence-electron chi connectivity index (χ4n) is 2.42. The van der Waals surface area contributed by atoms with Gasteiger partial charge in [0.1, 0.15) is 0 Å². The lowest BCUT2D eigenvalue weighted by molar-refractivity contribution is 0.820. The van der Waals surface area contributed by atoms with Crippen molar-refractivity contribution in [2.75, 3.05) is 0 Å². The lowest BCUT2D eigenvalue weighted by Crippen LogP contribution is -2.18. The second-order valence-corrected chi connectivity index (χ2v) is 5.60. The third-order valence-corrected chi connectivity index (χ3v) is 4.49. The summed E-state index contributed by atoms with van der Waals surface area (Å²) in [6.45, 7) is 0. The predicted molar refractivity (Wildman–Crippen MR) is 79.2 cm³/mol. The van der Waals surface area contributed by atoms with E-state index in [0.717, 1.165) is 16.8 Å². The van der Waals surface area contributed by atoms with Crippen LogP contribution >= 0.6 is 11.8 Å². The molecule has 1 N–H and O–H groups in total. The van der Waals surface area contributed by atoms with Gasteiger partial charge in [0.25, 0.3) is 5.56 Å². The number of rotatable bonds is 1. The Morgan fingerprint density at radius 3 is 2.85 bits per heavy atom.